The molecule has 0 aliphatic carbocycles. The van der Waals surface area contributed by atoms with Crippen molar-refractivity contribution < 1.29 is 9.59 Å². The SMILES string of the molecule is Cn1nc(C(=O)N2CCCCCC2)cc1NC(=O)CCc1ccccc1. The van der Waals surface area contributed by atoms with E-state index in [1.807, 2.05) is 35.2 Å². The highest BCUT2D eigenvalue weighted by molar-refractivity contribution is 5.95. The van der Waals surface area contributed by atoms with Crippen LogP contribution in [0, 0.1) is 0 Å². The van der Waals surface area contributed by atoms with Gasteiger partial charge in [-0.3, -0.25) is 14.3 Å². The van der Waals surface area contributed by atoms with E-state index in [4.69, 9.17) is 0 Å². The Kier molecular flexibility index (Phi) is 6.04. The van der Waals surface area contributed by atoms with Crippen molar-refractivity contribution in [2.24, 2.45) is 7.05 Å². The Morgan fingerprint density at radius 3 is 2.46 bits per heavy atom. The molecule has 26 heavy (non-hydrogen) atoms. The predicted molar refractivity (Wildman–Crippen MR) is 101 cm³/mol. The van der Waals surface area contributed by atoms with Crippen LogP contribution in [0.15, 0.2) is 36.4 Å². The third kappa shape index (κ3) is 4.71. The molecule has 138 valence electrons. The molecule has 1 aliphatic heterocycles. The Morgan fingerprint density at radius 2 is 1.77 bits per heavy atom. The van der Waals surface area contributed by atoms with Gasteiger partial charge in [0.05, 0.1) is 0 Å². The van der Waals surface area contributed by atoms with Crippen molar-refractivity contribution in [3.05, 3.63) is 47.7 Å². The first-order valence-electron chi connectivity index (χ1n) is 9.30. The molecule has 0 spiro atoms. The van der Waals surface area contributed by atoms with Gasteiger partial charge in [-0.2, -0.15) is 5.10 Å². The fourth-order valence-electron chi connectivity index (χ4n) is 3.23. The molecule has 0 bridgehead atoms. The molecule has 2 heterocycles. The number of amides is 2. The van der Waals surface area contributed by atoms with Crippen LogP contribution < -0.4 is 5.32 Å². The van der Waals surface area contributed by atoms with Gasteiger partial charge in [0, 0.05) is 32.6 Å². The Bertz CT molecular complexity index is 746. The topological polar surface area (TPSA) is 67.2 Å². The van der Waals surface area contributed by atoms with E-state index in [0.717, 1.165) is 31.5 Å². The maximum absolute atomic E-state index is 12.7. The second kappa shape index (κ2) is 8.65. The van der Waals surface area contributed by atoms with Crippen LogP contribution in [0.5, 0.6) is 0 Å². The largest absolute Gasteiger partial charge is 0.337 e. The van der Waals surface area contributed by atoms with Crippen LogP contribution in [0.3, 0.4) is 0 Å². The molecular formula is C20H26N4O2. The molecule has 1 aliphatic rings. The van der Waals surface area contributed by atoms with E-state index in [2.05, 4.69) is 10.4 Å². The van der Waals surface area contributed by atoms with Crippen LogP contribution in [-0.2, 0) is 18.3 Å². The van der Waals surface area contributed by atoms with E-state index < -0.39 is 0 Å². The average molecular weight is 354 g/mol. The van der Waals surface area contributed by atoms with Gasteiger partial charge in [0.15, 0.2) is 5.69 Å². The van der Waals surface area contributed by atoms with Crippen LogP contribution in [0.2, 0.25) is 0 Å². The summed E-state index contributed by atoms with van der Waals surface area (Å²) in [6.07, 6.45) is 5.52. The highest BCUT2D eigenvalue weighted by Crippen LogP contribution is 2.16. The van der Waals surface area contributed by atoms with Crippen molar-refractivity contribution in [1.29, 1.82) is 0 Å². The molecule has 2 aromatic rings. The molecule has 1 fully saturated rings. The van der Waals surface area contributed by atoms with Crippen molar-refractivity contribution >= 4 is 17.6 Å². The summed E-state index contributed by atoms with van der Waals surface area (Å²) in [5, 5.41) is 7.16. The molecule has 1 aromatic carbocycles. The standard InChI is InChI=1S/C20H26N4O2/c1-23-18(21-19(25)12-11-16-9-5-4-6-10-16)15-17(22-23)20(26)24-13-7-2-3-8-14-24/h4-6,9-10,15H,2-3,7-8,11-14H2,1H3,(H,21,25). The Labute approximate surface area is 154 Å². The summed E-state index contributed by atoms with van der Waals surface area (Å²) in [6, 6.07) is 11.6. The van der Waals surface area contributed by atoms with Crippen molar-refractivity contribution in [2.45, 2.75) is 38.5 Å². The fourth-order valence-corrected chi connectivity index (χ4v) is 3.23. The Balaban J connectivity index is 1.58. The lowest BCUT2D eigenvalue weighted by Gasteiger charge is -2.18. The highest BCUT2D eigenvalue weighted by atomic mass is 16.2. The number of hydrogen-bond acceptors (Lipinski definition) is 3. The van der Waals surface area contributed by atoms with Crippen LogP contribution in [0.1, 0.15) is 48.2 Å². The number of likely N-dealkylation sites (tertiary alicyclic amines) is 1. The van der Waals surface area contributed by atoms with Crippen molar-refractivity contribution in [3.63, 3.8) is 0 Å². The van der Waals surface area contributed by atoms with Gasteiger partial charge in [0.1, 0.15) is 5.82 Å². The third-order valence-corrected chi connectivity index (χ3v) is 4.74. The van der Waals surface area contributed by atoms with Gasteiger partial charge in [-0.05, 0) is 24.8 Å². The molecule has 0 unspecified atom stereocenters. The second-order valence-electron chi connectivity index (χ2n) is 6.78. The summed E-state index contributed by atoms with van der Waals surface area (Å²) < 4.78 is 1.56. The normalized spacial score (nSPS) is 14.7. The van der Waals surface area contributed by atoms with Gasteiger partial charge in [-0.15, -0.1) is 0 Å². The minimum Gasteiger partial charge on any atom is -0.337 e. The molecule has 6 nitrogen and oxygen atoms in total. The molecule has 0 saturated carbocycles. The average Bonchev–Trinajstić information content (AvgIpc) is 2.86. The van der Waals surface area contributed by atoms with Gasteiger partial charge in [0.25, 0.3) is 5.91 Å². The van der Waals surface area contributed by atoms with Crippen LogP contribution >= 0.6 is 0 Å². The molecule has 3 rings (SSSR count). The van der Waals surface area contributed by atoms with Crippen LogP contribution in [-0.4, -0.2) is 39.6 Å². The number of aryl methyl sites for hydroxylation is 2. The summed E-state index contributed by atoms with van der Waals surface area (Å²) in [5.41, 5.74) is 1.53. The minimum atomic E-state index is -0.0781. The van der Waals surface area contributed by atoms with E-state index in [9.17, 15) is 9.59 Å². The lowest BCUT2D eigenvalue weighted by molar-refractivity contribution is -0.116. The summed E-state index contributed by atoms with van der Waals surface area (Å²) >= 11 is 0. The van der Waals surface area contributed by atoms with E-state index in [0.29, 0.717) is 24.4 Å². The predicted octanol–water partition coefficient (Wildman–Crippen LogP) is 3.01. The molecule has 2 amide bonds. The first-order chi connectivity index (χ1) is 12.6. The molecular weight excluding hydrogens is 328 g/mol. The number of hydrogen-bond donors (Lipinski definition) is 1. The van der Waals surface area contributed by atoms with Gasteiger partial charge in [-0.1, -0.05) is 43.2 Å². The Hall–Kier alpha value is -2.63. The first-order valence-corrected chi connectivity index (χ1v) is 9.30. The maximum atomic E-state index is 12.7. The van der Waals surface area contributed by atoms with Crippen molar-refractivity contribution in [1.82, 2.24) is 14.7 Å². The van der Waals surface area contributed by atoms with E-state index >= 15 is 0 Å². The highest BCUT2D eigenvalue weighted by Gasteiger charge is 2.21. The summed E-state index contributed by atoms with van der Waals surface area (Å²) in [6.45, 7) is 1.57. The van der Waals surface area contributed by atoms with Crippen LogP contribution in [0.4, 0.5) is 5.82 Å². The number of nitrogens with zero attached hydrogens (tertiary/aromatic N) is 3. The zero-order valence-corrected chi connectivity index (χ0v) is 15.3. The summed E-state index contributed by atoms with van der Waals surface area (Å²) in [4.78, 5) is 26.7. The lowest BCUT2D eigenvalue weighted by atomic mass is 10.1. The number of aromatic nitrogens is 2. The molecule has 6 heteroatoms. The fraction of sp³-hybridized carbons (Fsp3) is 0.450. The number of carbonyl (C=O) groups excluding carboxylic acids is 2. The third-order valence-electron chi connectivity index (χ3n) is 4.74. The summed E-state index contributed by atoms with van der Waals surface area (Å²) in [7, 11) is 1.74. The molecule has 1 saturated heterocycles. The second-order valence-corrected chi connectivity index (χ2v) is 6.78. The minimum absolute atomic E-state index is 0.0488. The molecule has 1 N–H and O–H groups in total. The molecule has 0 atom stereocenters. The molecule has 0 radical (unpaired) electrons. The number of anilines is 1. The first kappa shape index (κ1) is 18.2. The number of rotatable bonds is 5. The summed E-state index contributed by atoms with van der Waals surface area (Å²) in [5.74, 6) is 0.430. The number of benzene rings is 1. The monoisotopic (exact) mass is 354 g/mol. The lowest BCUT2D eigenvalue weighted by Crippen LogP contribution is -2.32. The maximum Gasteiger partial charge on any atom is 0.274 e. The number of carbonyl (C=O) groups is 2. The van der Waals surface area contributed by atoms with Crippen molar-refractivity contribution in [3.8, 4) is 0 Å². The van der Waals surface area contributed by atoms with Gasteiger partial charge in [-0.25, -0.2) is 0 Å². The zero-order chi connectivity index (χ0) is 18.4. The molecule has 1 aromatic heterocycles. The van der Waals surface area contributed by atoms with Gasteiger partial charge in [0.2, 0.25) is 5.91 Å². The quantitative estimate of drug-likeness (QED) is 0.897. The Morgan fingerprint density at radius 1 is 1.08 bits per heavy atom. The van der Waals surface area contributed by atoms with E-state index in [1.54, 1.807) is 17.8 Å². The van der Waals surface area contributed by atoms with Crippen molar-refractivity contribution in [2.75, 3.05) is 18.4 Å². The number of nitrogens with one attached hydrogen (secondary N) is 1. The smallest absolute Gasteiger partial charge is 0.274 e. The van der Waals surface area contributed by atoms with Gasteiger partial charge < -0.3 is 10.2 Å². The van der Waals surface area contributed by atoms with Gasteiger partial charge >= 0.3 is 0 Å². The zero-order valence-electron chi connectivity index (χ0n) is 15.3. The van der Waals surface area contributed by atoms with Crippen LogP contribution in [0.25, 0.3) is 0 Å². The van der Waals surface area contributed by atoms with E-state index in [-0.39, 0.29) is 11.8 Å². The van der Waals surface area contributed by atoms with E-state index in [1.165, 1.54) is 12.8 Å².